The summed E-state index contributed by atoms with van der Waals surface area (Å²) in [6, 6.07) is 7.46. The molecule has 1 aliphatic rings. The van der Waals surface area contributed by atoms with E-state index in [1.807, 2.05) is 24.3 Å². The molecule has 0 bridgehead atoms. The first kappa shape index (κ1) is 14.7. The van der Waals surface area contributed by atoms with E-state index in [1.165, 1.54) is 0 Å². The molecule has 5 nitrogen and oxygen atoms in total. The van der Waals surface area contributed by atoms with E-state index in [1.54, 1.807) is 0 Å². The first-order valence-electron chi connectivity index (χ1n) is 6.67. The maximum absolute atomic E-state index is 11.2. The van der Waals surface area contributed by atoms with Gasteiger partial charge >= 0.3 is 0 Å². The van der Waals surface area contributed by atoms with Gasteiger partial charge in [-0.25, -0.2) is 0 Å². The van der Waals surface area contributed by atoms with Crippen LogP contribution in [0.1, 0.15) is 12.0 Å². The van der Waals surface area contributed by atoms with Crippen molar-refractivity contribution in [3.05, 3.63) is 29.8 Å². The fraction of sp³-hybridized carbons (Fsp3) is 0.429. The fourth-order valence-electron chi connectivity index (χ4n) is 2.07. The molecule has 108 valence electrons. The Kier molecular flexibility index (Phi) is 5.31. The van der Waals surface area contributed by atoms with Crippen LogP contribution in [0.3, 0.4) is 0 Å². The van der Waals surface area contributed by atoms with Crippen molar-refractivity contribution in [2.75, 3.05) is 32.8 Å². The zero-order valence-corrected chi connectivity index (χ0v) is 12.1. The summed E-state index contributed by atoms with van der Waals surface area (Å²) >= 11 is 4.94. The lowest BCUT2D eigenvalue weighted by Gasteiger charge is -2.19. The van der Waals surface area contributed by atoms with E-state index in [-0.39, 0.29) is 5.91 Å². The molecule has 0 radical (unpaired) electrons. The molecule has 1 fully saturated rings. The van der Waals surface area contributed by atoms with Crippen molar-refractivity contribution in [1.82, 2.24) is 10.2 Å². The number of carbonyl (C=O) groups excluding carboxylic acids is 1. The largest absolute Gasteiger partial charge is 0.492 e. The van der Waals surface area contributed by atoms with Gasteiger partial charge in [-0.15, -0.1) is 0 Å². The van der Waals surface area contributed by atoms with E-state index in [9.17, 15) is 4.79 Å². The van der Waals surface area contributed by atoms with Crippen LogP contribution >= 0.6 is 12.2 Å². The number of benzene rings is 1. The Labute approximate surface area is 124 Å². The number of nitrogens with one attached hydrogen (secondary N) is 1. The van der Waals surface area contributed by atoms with Gasteiger partial charge in [0.2, 0.25) is 5.91 Å². The molecule has 1 aromatic carbocycles. The number of ether oxygens (including phenoxy) is 1. The third kappa shape index (κ3) is 4.47. The Morgan fingerprint density at radius 2 is 2.30 bits per heavy atom. The highest BCUT2D eigenvalue weighted by atomic mass is 32.1. The standard InChI is InChI=1S/C14H19N3O2S/c15-14(20)11-2-1-3-12(10-11)19-9-8-17-6-4-13(18)16-5-7-17/h1-3,10H,4-9H2,(H2,15,20)(H,16,18). The fourth-order valence-corrected chi connectivity index (χ4v) is 2.20. The Morgan fingerprint density at radius 3 is 3.10 bits per heavy atom. The van der Waals surface area contributed by atoms with E-state index in [0.29, 0.717) is 24.6 Å². The molecule has 3 N–H and O–H groups in total. The van der Waals surface area contributed by atoms with Gasteiger partial charge < -0.3 is 15.8 Å². The van der Waals surface area contributed by atoms with Crippen LogP contribution in [0.2, 0.25) is 0 Å². The van der Waals surface area contributed by atoms with Gasteiger partial charge in [0.1, 0.15) is 17.3 Å². The Hall–Kier alpha value is -1.66. The zero-order chi connectivity index (χ0) is 14.4. The highest BCUT2D eigenvalue weighted by Crippen LogP contribution is 2.13. The average Bonchev–Trinajstić information content (AvgIpc) is 2.64. The lowest BCUT2D eigenvalue weighted by molar-refractivity contribution is -0.120. The highest BCUT2D eigenvalue weighted by Gasteiger charge is 2.12. The van der Waals surface area contributed by atoms with Crippen LogP contribution in [0.15, 0.2) is 24.3 Å². The van der Waals surface area contributed by atoms with Gasteiger partial charge in [-0.1, -0.05) is 24.4 Å². The van der Waals surface area contributed by atoms with Crippen molar-refractivity contribution in [1.29, 1.82) is 0 Å². The van der Waals surface area contributed by atoms with Gasteiger partial charge in [0.05, 0.1) is 0 Å². The highest BCUT2D eigenvalue weighted by molar-refractivity contribution is 7.80. The van der Waals surface area contributed by atoms with Crippen LogP contribution in [0, 0.1) is 0 Å². The molecule has 0 aromatic heterocycles. The van der Waals surface area contributed by atoms with Gasteiger partial charge in [-0.2, -0.15) is 0 Å². The molecule has 0 spiro atoms. The zero-order valence-electron chi connectivity index (χ0n) is 11.3. The monoisotopic (exact) mass is 293 g/mol. The molecule has 20 heavy (non-hydrogen) atoms. The van der Waals surface area contributed by atoms with Crippen LogP contribution in [-0.2, 0) is 4.79 Å². The molecule has 6 heteroatoms. The number of hydrogen-bond acceptors (Lipinski definition) is 4. The molecule has 1 amide bonds. The summed E-state index contributed by atoms with van der Waals surface area (Å²) in [6.07, 6.45) is 0.553. The van der Waals surface area contributed by atoms with Gasteiger partial charge in [0.15, 0.2) is 0 Å². The van der Waals surface area contributed by atoms with Crippen LogP contribution in [-0.4, -0.2) is 48.6 Å². The SMILES string of the molecule is NC(=S)c1cccc(OCCN2CCNC(=O)CC2)c1. The maximum atomic E-state index is 11.2. The van der Waals surface area contributed by atoms with Crippen molar-refractivity contribution >= 4 is 23.1 Å². The van der Waals surface area contributed by atoms with Gasteiger partial charge in [-0.05, 0) is 12.1 Å². The van der Waals surface area contributed by atoms with E-state index in [0.717, 1.165) is 30.9 Å². The lowest BCUT2D eigenvalue weighted by atomic mass is 10.2. The minimum atomic E-state index is 0.123. The minimum Gasteiger partial charge on any atom is -0.492 e. The number of amides is 1. The van der Waals surface area contributed by atoms with E-state index >= 15 is 0 Å². The van der Waals surface area contributed by atoms with Gasteiger partial charge in [0.25, 0.3) is 0 Å². The lowest BCUT2D eigenvalue weighted by Crippen LogP contribution is -2.32. The molecule has 0 saturated carbocycles. The first-order valence-corrected chi connectivity index (χ1v) is 7.08. The molecule has 0 aliphatic carbocycles. The van der Waals surface area contributed by atoms with Crippen LogP contribution in [0.25, 0.3) is 0 Å². The smallest absolute Gasteiger partial charge is 0.221 e. The average molecular weight is 293 g/mol. The summed E-state index contributed by atoms with van der Waals surface area (Å²) in [5.41, 5.74) is 6.39. The van der Waals surface area contributed by atoms with Crippen molar-refractivity contribution in [2.24, 2.45) is 5.73 Å². The minimum absolute atomic E-state index is 0.123. The van der Waals surface area contributed by atoms with Crippen LogP contribution < -0.4 is 15.8 Å². The molecule has 2 rings (SSSR count). The third-order valence-corrected chi connectivity index (χ3v) is 3.44. The maximum Gasteiger partial charge on any atom is 0.221 e. The molecule has 0 atom stereocenters. The molecule has 1 saturated heterocycles. The molecule has 1 heterocycles. The number of nitrogens with two attached hydrogens (primary N) is 1. The quantitative estimate of drug-likeness (QED) is 0.775. The van der Waals surface area contributed by atoms with Crippen molar-refractivity contribution in [2.45, 2.75) is 6.42 Å². The number of thiocarbonyl (C=S) groups is 1. The number of rotatable bonds is 5. The van der Waals surface area contributed by atoms with E-state index < -0.39 is 0 Å². The Bertz CT molecular complexity index is 493. The Morgan fingerprint density at radius 1 is 1.45 bits per heavy atom. The first-order chi connectivity index (χ1) is 9.65. The van der Waals surface area contributed by atoms with Crippen molar-refractivity contribution in [3.63, 3.8) is 0 Å². The number of hydrogen-bond donors (Lipinski definition) is 2. The molecule has 1 aliphatic heterocycles. The summed E-state index contributed by atoms with van der Waals surface area (Å²) in [5.74, 6) is 0.886. The molecule has 0 unspecified atom stereocenters. The van der Waals surface area contributed by atoms with Crippen molar-refractivity contribution < 1.29 is 9.53 Å². The second kappa shape index (κ2) is 7.21. The predicted molar refractivity (Wildman–Crippen MR) is 81.9 cm³/mol. The van der Waals surface area contributed by atoms with E-state index in [4.69, 9.17) is 22.7 Å². The normalized spacial score (nSPS) is 16.3. The summed E-state index contributed by atoms with van der Waals surface area (Å²) in [4.78, 5) is 13.8. The van der Waals surface area contributed by atoms with Crippen LogP contribution in [0.5, 0.6) is 5.75 Å². The summed E-state index contributed by atoms with van der Waals surface area (Å²) in [5, 5.41) is 2.85. The predicted octanol–water partition coefficient (Wildman–Crippen LogP) is 0.522. The second-order valence-electron chi connectivity index (χ2n) is 4.68. The Balaban J connectivity index is 1.79. The molecule has 1 aromatic rings. The second-order valence-corrected chi connectivity index (χ2v) is 5.12. The topological polar surface area (TPSA) is 67.6 Å². The van der Waals surface area contributed by atoms with E-state index in [2.05, 4.69) is 10.2 Å². The van der Waals surface area contributed by atoms with Crippen LogP contribution in [0.4, 0.5) is 0 Å². The summed E-state index contributed by atoms with van der Waals surface area (Å²) in [7, 11) is 0. The van der Waals surface area contributed by atoms with Gasteiger partial charge in [-0.3, -0.25) is 9.69 Å². The van der Waals surface area contributed by atoms with Gasteiger partial charge in [0, 0.05) is 38.2 Å². The summed E-state index contributed by atoms with van der Waals surface area (Å²) < 4.78 is 5.71. The number of carbonyl (C=O) groups is 1. The summed E-state index contributed by atoms with van der Waals surface area (Å²) in [6.45, 7) is 3.72. The molecular weight excluding hydrogens is 274 g/mol. The number of nitrogens with zero attached hydrogens (tertiary/aromatic N) is 1. The van der Waals surface area contributed by atoms with Crippen molar-refractivity contribution in [3.8, 4) is 5.75 Å². The molecular formula is C14H19N3O2S. The third-order valence-electron chi connectivity index (χ3n) is 3.20.